The van der Waals surface area contributed by atoms with E-state index in [2.05, 4.69) is 29.5 Å². The summed E-state index contributed by atoms with van der Waals surface area (Å²) in [4.78, 5) is 10.4. The summed E-state index contributed by atoms with van der Waals surface area (Å²) in [6.45, 7) is 3.07. The number of hydrogen-bond donors (Lipinski definition) is 1. The van der Waals surface area contributed by atoms with Crippen LogP contribution in [0.4, 0.5) is 0 Å². The van der Waals surface area contributed by atoms with Gasteiger partial charge in [-0.25, -0.2) is 4.79 Å². The van der Waals surface area contributed by atoms with Crippen molar-refractivity contribution in [2.75, 3.05) is 6.61 Å². The molecule has 16 heavy (non-hydrogen) atoms. The molecule has 1 fully saturated rings. The Bertz CT molecular complexity index is 331. The lowest BCUT2D eigenvalue weighted by Gasteiger charge is -2.20. The maximum Gasteiger partial charge on any atom is 0.335 e. The van der Waals surface area contributed by atoms with Crippen LogP contribution in [-0.2, 0) is 9.16 Å². The molecule has 0 aliphatic carbocycles. The highest BCUT2D eigenvalue weighted by atomic mass is 127. The molecule has 1 aromatic carbocycles. The lowest BCUT2D eigenvalue weighted by atomic mass is 10.2. The van der Waals surface area contributed by atoms with Crippen LogP contribution in [0.1, 0.15) is 29.3 Å². The maximum absolute atomic E-state index is 10.4. The Labute approximate surface area is 109 Å². The Balaban J connectivity index is 0.000000212. The molecule has 1 saturated heterocycles. The Morgan fingerprint density at radius 3 is 2.25 bits per heavy atom. The van der Waals surface area contributed by atoms with Gasteiger partial charge in [0.25, 0.3) is 0 Å². The zero-order valence-electron chi connectivity index (χ0n) is 9.15. The van der Waals surface area contributed by atoms with Crippen LogP contribution in [-0.4, -0.2) is 23.8 Å². The van der Waals surface area contributed by atoms with E-state index in [0.717, 1.165) is 16.6 Å². The van der Waals surface area contributed by atoms with Gasteiger partial charge in [0.1, 0.15) is 0 Å². The fourth-order valence-electron chi connectivity index (χ4n) is 1.09. The van der Waals surface area contributed by atoms with Crippen molar-refractivity contribution in [3.63, 3.8) is 0 Å². The van der Waals surface area contributed by atoms with Crippen molar-refractivity contribution in [3.05, 3.63) is 35.4 Å². The van der Waals surface area contributed by atoms with E-state index >= 15 is 0 Å². The summed E-state index contributed by atoms with van der Waals surface area (Å²) in [7, 11) is 0. The third-order valence-corrected chi connectivity index (χ3v) is 3.16. The molecule has 1 aliphatic heterocycles. The van der Waals surface area contributed by atoms with E-state index in [0.29, 0.717) is 11.7 Å². The topological polar surface area (TPSA) is 46.5 Å². The largest absolute Gasteiger partial charge is 0.478 e. The van der Waals surface area contributed by atoms with Gasteiger partial charge in [-0.2, -0.15) is 0 Å². The van der Waals surface area contributed by atoms with Gasteiger partial charge in [-0.05, 0) is 31.0 Å². The predicted molar refractivity (Wildman–Crippen MR) is 71.2 cm³/mol. The van der Waals surface area contributed by atoms with E-state index in [1.54, 1.807) is 12.1 Å². The average molecular weight is 334 g/mol. The Kier molecular flexibility index (Phi) is 5.76. The standard InChI is InChI=1S/C8H7IO2.C4H8O/c9-5-6-1-3-7(4-2-6)8(10)11;1-4-2-3-5-4/h1-4H,5H2,(H,10,11);4H,2-3H2,1H3. The summed E-state index contributed by atoms with van der Waals surface area (Å²) in [6, 6.07) is 6.90. The minimum Gasteiger partial charge on any atom is -0.478 e. The Hall–Kier alpha value is -0.620. The predicted octanol–water partition coefficient (Wildman–Crippen LogP) is 3.12. The fourth-order valence-corrected chi connectivity index (χ4v) is 1.60. The van der Waals surface area contributed by atoms with Gasteiger partial charge in [0, 0.05) is 11.0 Å². The highest BCUT2D eigenvalue weighted by Crippen LogP contribution is 2.08. The number of alkyl halides is 1. The number of carboxylic acids is 1. The minimum atomic E-state index is -0.870. The number of rotatable bonds is 2. The molecule has 0 saturated carbocycles. The molecule has 1 aromatic rings. The molecule has 1 N–H and O–H groups in total. The Morgan fingerprint density at radius 1 is 1.50 bits per heavy atom. The summed E-state index contributed by atoms with van der Waals surface area (Å²) < 4.78 is 5.84. The third-order valence-electron chi connectivity index (χ3n) is 2.28. The molecule has 0 aromatic heterocycles. The van der Waals surface area contributed by atoms with E-state index in [1.165, 1.54) is 6.42 Å². The molecule has 4 heteroatoms. The minimum absolute atomic E-state index is 0.346. The molecule has 0 radical (unpaired) electrons. The number of benzene rings is 1. The molecule has 0 spiro atoms. The van der Waals surface area contributed by atoms with Crippen molar-refractivity contribution in [2.24, 2.45) is 0 Å². The second-order valence-corrected chi connectivity index (χ2v) is 4.37. The number of carboxylic acid groups (broad SMARTS) is 1. The average Bonchev–Trinajstić information content (AvgIpc) is 2.27. The number of carbonyl (C=O) groups is 1. The normalized spacial score (nSPS) is 18.0. The first kappa shape index (κ1) is 13.4. The molecule has 88 valence electrons. The second-order valence-electron chi connectivity index (χ2n) is 3.61. The fraction of sp³-hybridized carbons (Fsp3) is 0.417. The molecule has 0 bridgehead atoms. The lowest BCUT2D eigenvalue weighted by molar-refractivity contribution is -0.0375. The van der Waals surface area contributed by atoms with Crippen LogP contribution in [0.5, 0.6) is 0 Å². The summed E-state index contributed by atoms with van der Waals surface area (Å²) >= 11 is 2.23. The second kappa shape index (κ2) is 6.85. The van der Waals surface area contributed by atoms with Crippen LogP contribution in [0.2, 0.25) is 0 Å². The van der Waals surface area contributed by atoms with E-state index in [9.17, 15) is 4.79 Å². The molecule has 3 nitrogen and oxygen atoms in total. The van der Waals surface area contributed by atoms with Crippen LogP contribution in [0.25, 0.3) is 0 Å². The van der Waals surface area contributed by atoms with Gasteiger partial charge < -0.3 is 9.84 Å². The SMILES string of the molecule is CC1CCO1.O=C(O)c1ccc(CI)cc1. The molecule has 1 atom stereocenters. The number of hydrogen-bond acceptors (Lipinski definition) is 2. The third kappa shape index (κ3) is 4.49. The number of halogens is 1. The molecular formula is C12H15IO3. The zero-order chi connectivity index (χ0) is 12.0. The first-order valence-electron chi connectivity index (χ1n) is 5.13. The van der Waals surface area contributed by atoms with Gasteiger partial charge in [-0.3, -0.25) is 0 Å². The van der Waals surface area contributed by atoms with E-state index in [-0.39, 0.29) is 0 Å². The van der Waals surface area contributed by atoms with E-state index in [1.807, 2.05) is 12.1 Å². The van der Waals surface area contributed by atoms with Crippen molar-refractivity contribution in [1.82, 2.24) is 0 Å². The zero-order valence-corrected chi connectivity index (χ0v) is 11.3. The maximum atomic E-state index is 10.4. The molecule has 0 amide bonds. The van der Waals surface area contributed by atoms with Crippen molar-refractivity contribution in [2.45, 2.75) is 23.9 Å². The summed E-state index contributed by atoms with van der Waals surface area (Å²) in [6.07, 6.45) is 1.83. The molecule has 1 heterocycles. The molecule has 1 unspecified atom stereocenters. The van der Waals surface area contributed by atoms with Crippen LogP contribution in [0.15, 0.2) is 24.3 Å². The monoisotopic (exact) mass is 334 g/mol. The van der Waals surface area contributed by atoms with Gasteiger partial charge in [0.15, 0.2) is 0 Å². The van der Waals surface area contributed by atoms with Gasteiger partial charge in [0.2, 0.25) is 0 Å². The van der Waals surface area contributed by atoms with Crippen LogP contribution < -0.4 is 0 Å². The first-order chi connectivity index (χ1) is 7.63. The summed E-state index contributed by atoms with van der Waals surface area (Å²) in [5.41, 5.74) is 1.49. The summed E-state index contributed by atoms with van der Waals surface area (Å²) in [5, 5.41) is 8.55. The van der Waals surface area contributed by atoms with Crippen molar-refractivity contribution < 1.29 is 14.6 Å². The highest BCUT2D eigenvalue weighted by Gasteiger charge is 2.09. The van der Waals surface area contributed by atoms with Crippen LogP contribution in [0.3, 0.4) is 0 Å². The molecule has 2 rings (SSSR count). The van der Waals surface area contributed by atoms with Crippen LogP contribution >= 0.6 is 22.6 Å². The van der Waals surface area contributed by atoms with Gasteiger partial charge >= 0.3 is 5.97 Å². The van der Waals surface area contributed by atoms with E-state index in [4.69, 9.17) is 9.84 Å². The van der Waals surface area contributed by atoms with E-state index < -0.39 is 5.97 Å². The molecule has 1 aliphatic rings. The number of ether oxygens (including phenoxy) is 1. The van der Waals surface area contributed by atoms with Crippen molar-refractivity contribution >= 4 is 28.6 Å². The molecular weight excluding hydrogens is 319 g/mol. The summed E-state index contributed by atoms with van der Waals surface area (Å²) in [5.74, 6) is -0.870. The van der Waals surface area contributed by atoms with Crippen molar-refractivity contribution in [1.29, 1.82) is 0 Å². The van der Waals surface area contributed by atoms with Gasteiger partial charge in [-0.1, -0.05) is 34.7 Å². The smallest absolute Gasteiger partial charge is 0.335 e. The van der Waals surface area contributed by atoms with Crippen molar-refractivity contribution in [3.8, 4) is 0 Å². The van der Waals surface area contributed by atoms with Gasteiger partial charge in [-0.15, -0.1) is 0 Å². The quantitative estimate of drug-likeness (QED) is 0.668. The Morgan fingerprint density at radius 2 is 2.00 bits per heavy atom. The first-order valence-corrected chi connectivity index (χ1v) is 6.66. The number of aromatic carboxylic acids is 1. The highest BCUT2D eigenvalue weighted by molar-refractivity contribution is 14.1. The van der Waals surface area contributed by atoms with Gasteiger partial charge in [0.05, 0.1) is 11.7 Å². The lowest BCUT2D eigenvalue weighted by Crippen LogP contribution is -2.22. The van der Waals surface area contributed by atoms with Crippen LogP contribution in [0, 0.1) is 0 Å².